The number of benzene rings is 1. The van der Waals surface area contributed by atoms with Crippen LogP contribution < -0.4 is 10.2 Å². The lowest BCUT2D eigenvalue weighted by molar-refractivity contribution is -0.153. The highest BCUT2D eigenvalue weighted by molar-refractivity contribution is 5.95. The SMILES string of the molecule is CCCCC(=O)O[C@H](C)C(=O)Nc1ccc(N2CCOCC2)cc1. The minimum absolute atomic E-state index is 0.320. The minimum atomic E-state index is -0.798. The lowest BCUT2D eigenvalue weighted by Crippen LogP contribution is -2.36. The van der Waals surface area contributed by atoms with E-state index in [2.05, 4.69) is 10.2 Å². The molecule has 1 aliphatic rings. The van der Waals surface area contributed by atoms with Crippen molar-refractivity contribution in [1.29, 1.82) is 0 Å². The number of amides is 1. The molecule has 6 heteroatoms. The highest BCUT2D eigenvalue weighted by atomic mass is 16.5. The first-order valence-corrected chi connectivity index (χ1v) is 8.53. The molecule has 0 aliphatic carbocycles. The maximum Gasteiger partial charge on any atom is 0.306 e. The van der Waals surface area contributed by atoms with Crippen molar-refractivity contribution in [2.24, 2.45) is 0 Å². The van der Waals surface area contributed by atoms with Crippen LogP contribution in [0.4, 0.5) is 11.4 Å². The van der Waals surface area contributed by atoms with Crippen LogP contribution in [0.15, 0.2) is 24.3 Å². The number of esters is 1. The van der Waals surface area contributed by atoms with Crippen molar-refractivity contribution in [3.8, 4) is 0 Å². The predicted molar refractivity (Wildman–Crippen MR) is 93.2 cm³/mol. The van der Waals surface area contributed by atoms with Gasteiger partial charge in [-0.3, -0.25) is 9.59 Å². The van der Waals surface area contributed by atoms with E-state index in [0.717, 1.165) is 44.8 Å². The van der Waals surface area contributed by atoms with Crippen molar-refractivity contribution in [1.82, 2.24) is 0 Å². The molecule has 0 aromatic heterocycles. The summed E-state index contributed by atoms with van der Waals surface area (Å²) in [4.78, 5) is 25.9. The Balaban J connectivity index is 1.83. The molecule has 132 valence electrons. The summed E-state index contributed by atoms with van der Waals surface area (Å²) < 4.78 is 10.5. The molecule has 1 amide bonds. The molecule has 1 fully saturated rings. The van der Waals surface area contributed by atoms with E-state index in [1.54, 1.807) is 6.92 Å². The number of anilines is 2. The first-order valence-electron chi connectivity index (χ1n) is 8.53. The zero-order valence-electron chi connectivity index (χ0n) is 14.4. The van der Waals surface area contributed by atoms with E-state index in [1.165, 1.54) is 0 Å². The number of hydrogen-bond donors (Lipinski definition) is 1. The molecule has 1 aromatic rings. The maximum absolute atomic E-state index is 12.1. The molecule has 1 atom stereocenters. The molecule has 24 heavy (non-hydrogen) atoms. The quantitative estimate of drug-likeness (QED) is 0.776. The molecule has 0 spiro atoms. The Morgan fingerprint density at radius 3 is 2.54 bits per heavy atom. The molecule has 1 aromatic carbocycles. The van der Waals surface area contributed by atoms with Gasteiger partial charge in [0.25, 0.3) is 5.91 Å². The summed E-state index contributed by atoms with van der Waals surface area (Å²) in [6.07, 6.45) is 1.25. The lowest BCUT2D eigenvalue weighted by Gasteiger charge is -2.28. The Hall–Kier alpha value is -2.08. The number of nitrogens with zero attached hydrogens (tertiary/aromatic N) is 1. The number of hydrogen-bond acceptors (Lipinski definition) is 5. The molecular formula is C18H26N2O4. The third-order valence-corrected chi connectivity index (χ3v) is 3.92. The first kappa shape index (κ1) is 18.3. The summed E-state index contributed by atoms with van der Waals surface area (Å²) >= 11 is 0. The van der Waals surface area contributed by atoms with Gasteiger partial charge in [-0.2, -0.15) is 0 Å². The number of carbonyl (C=O) groups is 2. The Bertz CT molecular complexity index is 538. The number of unbranched alkanes of at least 4 members (excludes halogenated alkanes) is 1. The fraction of sp³-hybridized carbons (Fsp3) is 0.556. The molecule has 0 saturated carbocycles. The minimum Gasteiger partial charge on any atom is -0.453 e. The molecule has 1 heterocycles. The van der Waals surface area contributed by atoms with Gasteiger partial charge in [-0.25, -0.2) is 0 Å². The Kier molecular flexibility index (Phi) is 7.06. The summed E-state index contributed by atoms with van der Waals surface area (Å²) in [6, 6.07) is 7.65. The van der Waals surface area contributed by atoms with E-state index in [-0.39, 0.29) is 11.9 Å². The van der Waals surface area contributed by atoms with E-state index in [0.29, 0.717) is 12.1 Å². The van der Waals surface area contributed by atoms with Gasteiger partial charge in [0.2, 0.25) is 0 Å². The van der Waals surface area contributed by atoms with Gasteiger partial charge in [-0.15, -0.1) is 0 Å². The molecular weight excluding hydrogens is 308 g/mol. The molecule has 2 rings (SSSR count). The second-order valence-corrected chi connectivity index (χ2v) is 5.87. The van der Waals surface area contributed by atoms with Crippen molar-refractivity contribution >= 4 is 23.3 Å². The van der Waals surface area contributed by atoms with Crippen LogP contribution in [0.5, 0.6) is 0 Å². The third kappa shape index (κ3) is 5.53. The van der Waals surface area contributed by atoms with Gasteiger partial charge in [0, 0.05) is 30.9 Å². The standard InChI is InChI=1S/C18H26N2O4/c1-3-4-5-17(21)24-14(2)18(22)19-15-6-8-16(9-7-15)20-10-12-23-13-11-20/h6-9,14H,3-5,10-13H2,1-2H3,(H,19,22)/t14-/m1/s1. The Morgan fingerprint density at radius 1 is 1.25 bits per heavy atom. The number of morpholine rings is 1. The third-order valence-electron chi connectivity index (χ3n) is 3.92. The van der Waals surface area contributed by atoms with Crippen LogP contribution in [0.1, 0.15) is 33.1 Å². The van der Waals surface area contributed by atoms with Gasteiger partial charge in [-0.1, -0.05) is 13.3 Å². The molecule has 0 bridgehead atoms. The normalized spacial score (nSPS) is 15.7. The fourth-order valence-electron chi connectivity index (χ4n) is 2.45. The Labute approximate surface area is 143 Å². The van der Waals surface area contributed by atoms with Crippen molar-refractivity contribution in [3.63, 3.8) is 0 Å². The lowest BCUT2D eigenvalue weighted by atomic mass is 10.2. The van der Waals surface area contributed by atoms with Gasteiger partial charge in [0.05, 0.1) is 13.2 Å². The summed E-state index contributed by atoms with van der Waals surface area (Å²) in [5, 5.41) is 2.77. The average Bonchev–Trinajstić information content (AvgIpc) is 2.61. The monoisotopic (exact) mass is 334 g/mol. The van der Waals surface area contributed by atoms with E-state index >= 15 is 0 Å². The van der Waals surface area contributed by atoms with Crippen LogP contribution in [0, 0.1) is 0 Å². The van der Waals surface area contributed by atoms with E-state index in [1.807, 2.05) is 31.2 Å². The number of nitrogens with one attached hydrogen (secondary N) is 1. The fourth-order valence-corrected chi connectivity index (χ4v) is 2.45. The van der Waals surface area contributed by atoms with E-state index in [9.17, 15) is 9.59 Å². The predicted octanol–water partition coefficient (Wildman–Crippen LogP) is 2.58. The average molecular weight is 334 g/mol. The second-order valence-electron chi connectivity index (χ2n) is 5.87. The van der Waals surface area contributed by atoms with Gasteiger partial charge >= 0.3 is 5.97 Å². The largest absolute Gasteiger partial charge is 0.453 e. The van der Waals surface area contributed by atoms with Crippen molar-refractivity contribution in [3.05, 3.63) is 24.3 Å². The van der Waals surface area contributed by atoms with Crippen LogP contribution in [-0.4, -0.2) is 44.3 Å². The zero-order valence-corrected chi connectivity index (χ0v) is 14.4. The molecule has 0 radical (unpaired) electrons. The van der Waals surface area contributed by atoms with Crippen molar-refractivity contribution in [2.45, 2.75) is 39.2 Å². The van der Waals surface area contributed by atoms with Crippen molar-refractivity contribution < 1.29 is 19.1 Å². The van der Waals surface area contributed by atoms with Gasteiger partial charge in [-0.05, 0) is 37.6 Å². The molecule has 0 unspecified atom stereocenters. The molecule has 1 N–H and O–H groups in total. The summed E-state index contributed by atoms with van der Waals surface area (Å²) in [5.41, 5.74) is 1.80. The molecule has 6 nitrogen and oxygen atoms in total. The topological polar surface area (TPSA) is 67.9 Å². The van der Waals surface area contributed by atoms with Crippen LogP contribution in [0.2, 0.25) is 0 Å². The van der Waals surface area contributed by atoms with Crippen LogP contribution in [-0.2, 0) is 19.1 Å². The first-order chi connectivity index (χ1) is 11.6. The van der Waals surface area contributed by atoms with Gasteiger partial charge < -0.3 is 19.7 Å². The maximum atomic E-state index is 12.1. The summed E-state index contributed by atoms with van der Waals surface area (Å²) in [7, 11) is 0. The summed E-state index contributed by atoms with van der Waals surface area (Å²) in [5.74, 6) is -0.652. The molecule has 1 saturated heterocycles. The smallest absolute Gasteiger partial charge is 0.306 e. The number of ether oxygens (including phenoxy) is 2. The van der Waals surface area contributed by atoms with Gasteiger partial charge in [0.1, 0.15) is 0 Å². The van der Waals surface area contributed by atoms with Crippen LogP contribution in [0.3, 0.4) is 0 Å². The highest BCUT2D eigenvalue weighted by Gasteiger charge is 2.18. The number of rotatable bonds is 7. The van der Waals surface area contributed by atoms with E-state index in [4.69, 9.17) is 9.47 Å². The molecule has 1 aliphatic heterocycles. The van der Waals surface area contributed by atoms with Crippen molar-refractivity contribution in [2.75, 3.05) is 36.5 Å². The summed E-state index contributed by atoms with van der Waals surface area (Å²) in [6.45, 7) is 6.80. The van der Waals surface area contributed by atoms with E-state index < -0.39 is 6.10 Å². The highest BCUT2D eigenvalue weighted by Crippen LogP contribution is 2.19. The van der Waals surface area contributed by atoms with Gasteiger partial charge in [0.15, 0.2) is 6.10 Å². The zero-order chi connectivity index (χ0) is 17.4. The number of carbonyl (C=O) groups excluding carboxylic acids is 2. The van der Waals surface area contributed by atoms with Crippen LogP contribution >= 0.6 is 0 Å². The van der Waals surface area contributed by atoms with Crippen LogP contribution in [0.25, 0.3) is 0 Å². The Morgan fingerprint density at radius 2 is 1.92 bits per heavy atom. The second kappa shape index (κ2) is 9.27.